The number of rotatable bonds is 1. The normalized spacial score (nSPS) is 9.44. The Kier molecular flexibility index (Phi) is 1.58. The molecule has 0 spiro atoms. The molecule has 1 aromatic heterocycles. The van der Waals surface area contributed by atoms with Crippen LogP contribution in [-0.4, -0.2) is 0 Å². The van der Waals surface area contributed by atoms with E-state index in [0.29, 0.717) is 0 Å². The molecular formula is C7H9NS. The van der Waals surface area contributed by atoms with E-state index in [9.17, 15) is 0 Å². The minimum absolute atomic E-state index is 0.870. The van der Waals surface area contributed by atoms with E-state index in [1.165, 1.54) is 4.88 Å². The summed E-state index contributed by atoms with van der Waals surface area (Å²) in [5.74, 6) is 0. The molecule has 0 bridgehead atoms. The molecule has 2 N–H and O–H groups in total. The largest absolute Gasteiger partial charge is 0.398 e. The summed E-state index contributed by atoms with van der Waals surface area (Å²) in [6, 6.07) is 0. The fourth-order valence-corrected chi connectivity index (χ4v) is 1.47. The standard InChI is InChI=1S/C7H9NS/c1-3-7-5(2)6(8)4-9-7/h3-4H,1,8H2,2H3. The Balaban J connectivity index is 3.18. The maximum Gasteiger partial charge on any atom is 0.0458 e. The lowest BCUT2D eigenvalue weighted by molar-refractivity contribution is 1.53. The van der Waals surface area contributed by atoms with Crippen LogP contribution in [0.1, 0.15) is 10.4 Å². The van der Waals surface area contributed by atoms with E-state index in [1.54, 1.807) is 11.3 Å². The Morgan fingerprint density at radius 2 is 2.44 bits per heavy atom. The predicted octanol–water partition coefficient (Wildman–Crippen LogP) is 2.28. The number of anilines is 1. The van der Waals surface area contributed by atoms with Gasteiger partial charge in [-0.1, -0.05) is 12.7 Å². The topological polar surface area (TPSA) is 26.0 Å². The highest BCUT2D eigenvalue weighted by Crippen LogP contribution is 2.23. The number of hydrogen-bond donors (Lipinski definition) is 1. The zero-order valence-electron chi connectivity index (χ0n) is 5.35. The molecule has 0 amide bonds. The highest BCUT2D eigenvalue weighted by molar-refractivity contribution is 7.11. The average Bonchev–Trinajstić information content (AvgIpc) is 2.15. The van der Waals surface area contributed by atoms with E-state index in [-0.39, 0.29) is 0 Å². The summed E-state index contributed by atoms with van der Waals surface area (Å²) in [6.45, 7) is 5.66. The molecule has 0 saturated heterocycles. The van der Waals surface area contributed by atoms with Crippen LogP contribution in [0, 0.1) is 6.92 Å². The Morgan fingerprint density at radius 3 is 2.67 bits per heavy atom. The van der Waals surface area contributed by atoms with E-state index in [2.05, 4.69) is 6.58 Å². The third-order valence-corrected chi connectivity index (χ3v) is 2.40. The molecular weight excluding hydrogens is 130 g/mol. The number of thiophene rings is 1. The molecule has 9 heavy (non-hydrogen) atoms. The first kappa shape index (κ1) is 6.36. The summed E-state index contributed by atoms with van der Waals surface area (Å²) in [6.07, 6.45) is 1.83. The summed E-state index contributed by atoms with van der Waals surface area (Å²) in [5.41, 5.74) is 7.60. The Hall–Kier alpha value is -0.760. The number of nitrogen functional groups attached to an aromatic ring is 1. The van der Waals surface area contributed by atoms with Gasteiger partial charge in [-0.3, -0.25) is 0 Å². The third kappa shape index (κ3) is 0.980. The van der Waals surface area contributed by atoms with Gasteiger partial charge in [0.2, 0.25) is 0 Å². The molecule has 0 saturated carbocycles. The molecule has 0 radical (unpaired) electrons. The van der Waals surface area contributed by atoms with Crippen LogP contribution in [0.3, 0.4) is 0 Å². The fourth-order valence-electron chi connectivity index (χ4n) is 0.647. The predicted molar refractivity (Wildman–Crippen MR) is 43.6 cm³/mol. The van der Waals surface area contributed by atoms with E-state index in [0.717, 1.165) is 11.3 Å². The Morgan fingerprint density at radius 1 is 1.78 bits per heavy atom. The molecule has 1 nitrogen and oxygen atoms in total. The van der Waals surface area contributed by atoms with Gasteiger partial charge in [0.05, 0.1) is 0 Å². The van der Waals surface area contributed by atoms with Crippen molar-refractivity contribution in [2.45, 2.75) is 6.92 Å². The smallest absolute Gasteiger partial charge is 0.0458 e. The van der Waals surface area contributed by atoms with Crippen molar-refractivity contribution >= 4 is 23.1 Å². The van der Waals surface area contributed by atoms with Crippen molar-refractivity contribution in [3.05, 3.63) is 22.4 Å². The second-order valence-electron chi connectivity index (χ2n) is 1.88. The first-order valence-corrected chi connectivity index (χ1v) is 3.59. The first-order chi connectivity index (χ1) is 4.25. The second kappa shape index (κ2) is 2.23. The van der Waals surface area contributed by atoms with Gasteiger partial charge < -0.3 is 5.73 Å². The van der Waals surface area contributed by atoms with Crippen LogP contribution in [0.15, 0.2) is 12.0 Å². The first-order valence-electron chi connectivity index (χ1n) is 2.71. The molecule has 0 fully saturated rings. The van der Waals surface area contributed by atoms with E-state index >= 15 is 0 Å². The fraction of sp³-hybridized carbons (Fsp3) is 0.143. The van der Waals surface area contributed by atoms with Gasteiger partial charge in [0.25, 0.3) is 0 Å². The van der Waals surface area contributed by atoms with Crippen molar-refractivity contribution in [1.82, 2.24) is 0 Å². The Bertz CT molecular complexity index is 225. The minimum atomic E-state index is 0.870. The van der Waals surface area contributed by atoms with Gasteiger partial charge in [0.15, 0.2) is 0 Å². The molecule has 0 aromatic carbocycles. The van der Waals surface area contributed by atoms with Crippen LogP contribution in [0.4, 0.5) is 5.69 Å². The van der Waals surface area contributed by atoms with E-state index < -0.39 is 0 Å². The minimum Gasteiger partial charge on any atom is -0.398 e. The van der Waals surface area contributed by atoms with Gasteiger partial charge >= 0.3 is 0 Å². The van der Waals surface area contributed by atoms with Crippen molar-refractivity contribution in [2.24, 2.45) is 0 Å². The van der Waals surface area contributed by atoms with Gasteiger partial charge in [-0.15, -0.1) is 11.3 Å². The van der Waals surface area contributed by atoms with Crippen LogP contribution in [-0.2, 0) is 0 Å². The van der Waals surface area contributed by atoms with Gasteiger partial charge in [-0.2, -0.15) is 0 Å². The maximum absolute atomic E-state index is 5.58. The lowest BCUT2D eigenvalue weighted by atomic mass is 10.2. The summed E-state index contributed by atoms with van der Waals surface area (Å²) in [4.78, 5) is 1.17. The van der Waals surface area contributed by atoms with Crippen LogP contribution >= 0.6 is 11.3 Å². The highest BCUT2D eigenvalue weighted by atomic mass is 32.1. The van der Waals surface area contributed by atoms with Gasteiger partial charge in [0, 0.05) is 15.9 Å². The molecule has 0 aliphatic heterocycles. The van der Waals surface area contributed by atoms with Gasteiger partial charge in [0.1, 0.15) is 0 Å². The molecule has 1 rings (SSSR count). The molecule has 48 valence electrons. The SMILES string of the molecule is C=Cc1scc(N)c1C. The maximum atomic E-state index is 5.58. The molecule has 0 atom stereocenters. The molecule has 0 aliphatic carbocycles. The van der Waals surface area contributed by atoms with E-state index in [4.69, 9.17) is 5.73 Å². The molecule has 2 heteroatoms. The van der Waals surface area contributed by atoms with Gasteiger partial charge in [-0.25, -0.2) is 0 Å². The van der Waals surface area contributed by atoms with Crippen LogP contribution in [0.25, 0.3) is 6.08 Å². The zero-order valence-corrected chi connectivity index (χ0v) is 6.16. The van der Waals surface area contributed by atoms with Crippen molar-refractivity contribution < 1.29 is 0 Å². The summed E-state index contributed by atoms with van der Waals surface area (Å²) in [5, 5.41) is 1.94. The quantitative estimate of drug-likeness (QED) is 0.634. The number of nitrogens with two attached hydrogens (primary N) is 1. The van der Waals surface area contributed by atoms with Crippen molar-refractivity contribution in [2.75, 3.05) is 5.73 Å². The summed E-state index contributed by atoms with van der Waals surface area (Å²) < 4.78 is 0. The summed E-state index contributed by atoms with van der Waals surface area (Å²) >= 11 is 1.63. The molecule has 1 aromatic rings. The lowest BCUT2D eigenvalue weighted by Gasteiger charge is -1.88. The second-order valence-corrected chi connectivity index (χ2v) is 2.80. The van der Waals surface area contributed by atoms with Crippen molar-refractivity contribution in [3.8, 4) is 0 Å². The Labute approximate surface area is 58.8 Å². The summed E-state index contributed by atoms with van der Waals surface area (Å²) in [7, 11) is 0. The number of hydrogen-bond acceptors (Lipinski definition) is 2. The van der Waals surface area contributed by atoms with Crippen molar-refractivity contribution in [1.29, 1.82) is 0 Å². The third-order valence-electron chi connectivity index (χ3n) is 1.30. The van der Waals surface area contributed by atoms with Gasteiger partial charge in [-0.05, 0) is 12.5 Å². The van der Waals surface area contributed by atoms with Crippen LogP contribution in [0.5, 0.6) is 0 Å². The van der Waals surface area contributed by atoms with E-state index in [1.807, 2.05) is 18.4 Å². The molecule has 0 unspecified atom stereocenters. The zero-order chi connectivity index (χ0) is 6.85. The van der Waals surface area contributed by atoms with Crippen molar-refractivity contribution in [3.63, 3.8) is 0 Å². The molecule has 1 heterocycles. The highest BCUT2D eigenvalue weighted by Gasteiger charge is 1.98. The van der Waals surface area contributed by atoms with Crippen LogP contribution in [0.2, 0.25) is 0 Å². The van der Waals surface area contributed by atoms with Crippen LogP contribution < -0.4 is 5.73 Å². The lowest BCUT2D eigenvalue weighted by Crippen LogP contribution is -1.82. The monoisotopic (exact) mass is 139 g/mol. The average molecular weight is 139 g/mol. The molecule has 0 aliphatic rings.